The number of aryl methyl sites for hydroxylation is 1. The van der Waals surface area contributed by atoms with Gasteiger partial charge in [0.2, 0.25) is 0 Å². The summed E-state index contributed by atoms with van der Waals surface area (Å²) in [5.41, 5.74) is 0.980. The lowest BCUT2D eigenvalue weighted by Gasteiger charge is -2.13. The van der Waals surface area contributed by atoms with Crippen molar-refractivity contribution in [3.8, 4) is 0 Å². The molecule has 0 radical (unpaired) electrons. The van der Waals surface area contributed by atoms with Crippen molar-refractivity contribution >= 4 is 0 Å². The zero-order chi connectivity index (χ0) is 15.1. The summed E-state index contributed by atoms with van der Waals surface area (Å²) >= 11 is 0. The molecule has 0 aromatic heterocycles. The first-order valence-electron chi connectivity index (χ1n) is 7.05. The van der Waals surface area contributed by atoms with Gasteiger partial charge in [0.05, 0.1) is 11.7 Å². The third-order valence-electron chi connectivity index (χ3n) is 3.33. The molecule has 1 unspecified atom stereocenters. The van der Waals surface area contributed by atoms with Crippen molar-refractivity contribution in [1.29, 1.82) is 0 Å². The number of aliphatic hydroxyl groups excluding tert-OH is 1. The van der Waals surface area contributed by atoms with Crippen molar-refractivity contribution in [3.63, 3.8) is 0 Å². The van der Waals surface area contributed by atoms with E-state index < -0.39 is 17.7 Å². The van der Waals surface area contributed by atoms with Crippen molar-refractivity contribution in [3.05, 3.63) is 71.3 Å². The summed E-state index contributed by atoms with van der Waals surface area (Å²) in [7, 11) is 0. The van der Waals surface area contributed by atoms with Gasteiger partial charge in [-0.25, -0.2) is 8.78 Å². The summed E-state index contributed by atoms with van der Waals surface area (Å²) in [5.74, 6) is -1.43. The van der Waals surface area contributed by atoms with Crippen LogP contribution in [0.5, 0.6) is 0 Å². The third-order valence-corrected chi connectivity index (χ3v) is 3.33. The van der Waals surface area contributed by atoms with E-state index in [2.05, 4.69) is 17.4 Å². The second-order valence-electron chi connectivity index (χ2n) is 4.94. The van der Waals surface area contributed by atoms with Crippen molar-refractivity contribution in [2.45, 2.75) is 18.9 Å². The average Bonchev–Trinajstić information content (AvgIpc) is 2.48. The van der Waals surface area contributed by atoms with Gasteiger partial charge in [-0.15, -0.1) is 0 Å². The Labute approximate surface area is 123 Å². The second-order valence-corrected chi connectivity index (χ2v) is 4.94. The molecule has 2 aromatic rings. The highest BCUT2D eigenvalue weighted by Crippen LogP contribution is 2.19. The van der Waals surface area contributed by atoms with E-state index in [4.69, 9.17) is 0 Å². The maximum atomic E-state index is 13.5. The number of rotatable bonds is 7. The quantitative estimate of drug-likeness (QED) is 0.768. The highest BCUT2D eigenvalue weighted by molar-refractivity contribution is 5.22. The van der Waals surface area contributed by atoms with Crippen LogP contribution in [0.15, 0.2) is 48.5 Å². The molecular formula is C17H19F2NO. The first kappa shape index (κ1) is 15.6. The molecule has 2 aromatic carbocycles. The summed E-state index contributed by atoms with van der Waals surface area (Å²) < 4.78 is 26.9. The van der Waals surface area contributed by atoms with Crippen molar-refractivity contribution in [2.75, 3.05) is 13.1 Å². The topological polar surface area (TPSA) is 32.3 Å². The van der Waals surface area contributed by atoms with Crippen LogP contribution in [0.4, 0.5) is 8.78 Å². The fourth-order valence-corrected chi connectivity index (χ4v) is 2.23. The third kappa shape index (κ3) is 4.62. The van der Waals surface area contributed by atoms with Gasteiger partial charge in [-0.1, -0.05) is 36.4 Å². The van der Waals surface area contributed by atoms with Gasteiger partial charge in [0.25, 0.3) is 0 Å². The molecule has 0 heterocycles. The maximum Gasteiger partial charge on any atom is 0.131 e. The van der Waals surface area contributed by atoms with Gasteiger partial charge in [0, 0.05) is 6.54 Å². The highest BCUT2D eigenvalue weighted by atomic mass is 19.1. The van der Waals surface area contributed by atoms with Crippen LogP contribution in [0.3, 0.4) is 0 Å². The van der Waals surface area contributed by atoms with Crippen LogP contribution in [0.25, 0.3) is 0 Å². The largest absolute Gasteiger partial charge is 0.387 e. The Bertz CT molecular complexity index is 540. The molecule has 0 aliphatic carbocycles. The molecule has 0 amide bonds. The fraction of sp³-hybridized carbons (Fsp3) is 0.294. The lowest BCUT2D eigenvalue weighted by Crippen LogP contribution is -2.24. The van der Waals surface area contributed by atoms with Gasteiger partial charge in [-0.3, -0.25) is 0 Å². The number of hydrogen-bond acceptors (Lipinski definition) is 2. The minimum absolute atomic E-state index is 0.132. The number of nitrogens with one attached hydrogen (secondary N) is 1. The van der Waals surface area contributed by atoms with Crippen molar-refractivity contribution in [1.82, 2.24) is 5.32 Å². The summed E-state index contributed by atoms with van der Waals surface area (Å²) in [6, 6.07) is 13.7. The number of halogens is 2. The second kappa shape index (κ2) is 7.86. The lowest BCUT2D eigenvalue weighted by atomic mass is 10.1. The predicted molar refractivity (Wildman–Crippen MR) is 79.0 cm³/mol. The molecule has 21 heavy (non-hydrogen) atoms. The van der Waals surface area contributed by atoms with Gasteiger partial charge < -0.3 is 10.4 Å². The smallest absolute Gasteiger partial charge is 0.131 e. The summed E-state index contributed by atoms with van der Waals surface area (Å²) in [5, 5.41) is 12.9. The molecular weight excluding hydrogens is 272 g/mol. The van der Waals surface area contributed by atoms with E-state index in [1.807, 2.05) is 18.2 Å². The zero-order valence-electron chi connectivity index (χ0n) is 11.7. The normalized spacial score (nSPS) is 12.3. The molecule has 0 fully saturated rings. The Morgan fingerprint density at radius 3 is 2.29 bits per heavy atom. The zero-order valence-corrected chi connectivity index (χ0v) is 11.7. The molecule has 0 bridgehead atoms. The standard InChI is InChI=1S/C17H19F2NO/c18-14-9-4-10-15(19)17(14)16(21)12-20-11-5-8-13-6-2-1-3-7-13/h1-4,6-7,9-10,16,20-21H,5,8,11-12H2. The summed E-state index contributed by atoms with van der Waals surface area (Å²) in [6.45, 7) is 0.814. The van der Waals surface area contributed by atoms with E-state index in [-0.39, 0.29) is 12.1 Å². The molecule has 0 aliphatic rings. The van der Waals surface area contributed by atoms with Gasteiger partial charge in [-0.05, 0) is 37.1 Å². The van der Waals surface area contributed by atoms with Crippen LogP contribution in [0.2, 0.25) is 0 Å². The summed E-state index contributed by atoms with van der Waals surface area (Å²) in [4.78, 5) is 0. The summed E-state index contributed by atoms with van der Waals surface area (Å²) in [6.07, 6.45) is 0.650. The van der Waals surface area contributed by atoms with Crippen LogP contribution < -0.4 is 5.32 Å². The molecule has 2 nitrogen and oxygen atoms in total. The number of benzene rings is 2. The van der Waals surface area contributed by atoms with Gasteiger partial charge >= 0.3 is 0 Å². The minimum Gasteiger partial charge on any atom is -0.387 e. The highest BCUT2D eigenvalue weighted by Gasteiger charge is 2.16. The molecule has 112 valence electrons. The SMILES string of the molecule is OC(CNCCCc1ccccc1)c1c(F)cccc1F. The monoisotopic (exact) mass is 291 g/mol. The molecule has 1 atom stereocenters. The van der Waals surface area contributed by atoms with Gasteiger partial charge in [-0.2, -0.15) is 0 Å². The van der Waals surface area contributed by atoms with Crippen molar-refractivity contribution < 1.29 is 13.9 Å². The van der Waals surface area contributed by atoms with Crippen LogP contribution in [-0.2, 0) is 6.42 Å². The Balaban J connectivity index is 1.73. The number of aliphatic hydroxyl groups is 1. The Morgan fingerprint density at radius 1 is 0.952 bits per heavy atom. The molecule has 0 aliphatic heterocycles. The van der Waals surface area contributed by atoms with E-state index in [0.717, 1.165) is 25.0 Å². The molecule has 0 spiro atoms. The Hall–Kier alpha value is -1.78. The van der Waals surface area contributed by atoms with Gasteiger partial charge in [0.15, 0.2) is 0 Å². The van der Waals surface area contributed by atoms with Gasteiger partial charge in [0.1, 0.15) is 11.6 Å². The van der Waals surface area contributed by atoms with Crippen LogP contribution in [-0.4, -0.2) is 18.2 Å². The molecule has 2 rings (SSSR count). The van der Waals surface area contributed by atoms with E-state index >= 15 is 0 Å². The molecule has 4 heteroatoms. The number of hydrogen-bond donors (Lipinski definition) is 2. The maximum absolute atomic E-state index is 13.5. The van der Waals surface area contributed by atoms with Crippen molar-refractivity contribution in [2.24, 2.45) is 0 Å². The minimum atomic E-state index is -1.18. The molecule has 0 saturated heterocycles. The lowest BCUT2D eigenvalue weighted by molar-refractivity contribution is 0.165. The average molecular weight is 291 g/mol. The van der Waals surface area contributed by atoms with Crippen LogP contribution in [0.1, 0.15) is 23.7 Å². The van der Waals surface area contributed by atoms with E-state index in [0.29, 0.717) is 6.54 Å². The fourth-order valence-electron chi connectivity index (χ4n) is 2.23. The Kier molecular flexibility index (Phi) is 5.84. The van der Waals surface area contributed by atoms with E-state index in [1.54, 1.807) is 0 Å². The molecule has 2 N–H and O–H groups in total. The molecule has 0 saturated carbocycles. The first-order valence-corrected chi connectivity index (χ1v) is 7.05. The van der Waals surface area contributed by atoms with Crippen LogP contribution in [0, 0.1) is 11.6 Å². The van der Waals surface area contributed by atoms with Crippen LogP contribution >= 0.6 is 0 Å². The van der Waals surface area contributed by atoms with E-state index in [9.17, 15) is 13.9 Å². The Morgan fingerprint density at radius 2 is 1.62 bits per heavy atom. The van der Waals surface area contributed by atoms with E-state index in [1.165, 1.54) is 11.6 Å². The first-order chi connectivity index (χ1) is 10.2. The predicted octanol–water partition coefficient (Wildman–Crippen LogP) is 3.22.